The van der Waals surface area contributed by atoms with Gasteiger partial charge in [0.25, 0.3) is 0 Å². The SMILES string of the molecule is Nc1ncnc2ccc(NC(=O)C3CCCCC3)cc12. The van der Waals surface area contributed by atoms with Crippen molar-refractivity contribution in [3.05, 3.63) is 24.5 Å². The molecule has 20 heavy (non-hydrogen) atoms. The van der Waals surface area contributed by atoms with E-state index in [1.165, 1.54) is 12.7 Å². The maximum Gasteiger partial charge on any atom is 0.227 e. The second-order valence-electron chi connectivity index (χ2n) is 5.32. The molecular formula is C15H18N4O. The van der Waals surface area contributed by atoms with Crippen LogP contribution in [0.25, 0.3) is 10.9 Å². The van der Waals surface area contributed by atoms with Crippen LogP contribution in [0.2, 0.25) is 0 Å². The zero-order valence-corrected chi connectivity index (χ0v) is 11.3. The number of benzene rings is 1. The summed E-state index contributed by atoms with van der Waals surface area (Å²) in [5, 5.41) is 3.75. The molecule has 3 N–H and O–H groups in total. The van der Waals surface area contributed by atoms with Gasteiger partial charge in [-0.05, 0) is 31.0 Å². The van der Waals surface area contributed by atoms with Crippen LogP contribution in [0.4, 0.5) is 11.5 Å². The number of fused-ring (bicyclic) bond motifs is 1. The predicted molar refractivity (Wildman–Crippen MR) is 79.2 cm³/mol. The van der Waals surface area contributed by atoms with Gasteiger partial charge in [0.2, 0.25) is 5.91 Å². The van der Waals surface area contributed by atoms with Crippen LogP contribution < -0.4 is 11.1 Å². The second-order valence-corrected chi connectivity index (χ2v) is 5.32. The number of hydrogen-bond donors (Lipinski definition) is 2. The average Bonchev–Trinajstić information content (AvgIpc) is 2.49. The Hall–Kier alpha value is -2.17. The van der Waals surface area contributed by atoms with Gasteiger partial charge in [-0.2, -0.15) is 0 Å². The summed E-state index contributed by atoms with van der Waals surface area (Å²) in [6.07, 6.45) is 6.97. The van der Waals surface area contributed by atoms with Crippen molar-refractivity contribution in [3.63, 3.8) is 0 Å². The minimum atomic E-state index is 0.111. The molecule has 0 saturated heterocycles. The molecule has 5 heteroatoms. The number of aromatic nitrogens is 2. The highest BCUT2D eigenvalue weighted by Gasteiger charge is 2.21. The first-order valence-electron chi connectivity index (χ1n) is 7.05. The molecule has 0 radical (unpaired) electrons. The third kappa shape index (κ3) is 2.57. The zero-order chi connectivity index (χ0) is 13.9. The molecule has 1 aliphatic rings. The fourth-order valence-corrected chi connectivity index (χ4v) is 2.76. The molecule has 5 nitrogen and oxygen atoms in total. The lowest BCUT2D eigenvalue weighted by atomic mass is 9.88. The van der Waals surface area contributed by atoms with Gasteiger partial charge in [0.15, 0.2) is 0 Å². The first-order chi connectivity index (χ1) is 9.74. The van der Waals surface area contributed by atoms with Crippen molar-refractivity contribution in [2.45, 2.75) is 32.1 Å². The summed E-state index contributed by atoms with van der Waals surface area (Å²) in [6, 6.07) is 5.55. The number of nitrogen functional groups attached to an aromatic ring is 1. The smallest absolute Gasteiger partial charge is 0.227 e. The number of hydrogen-bond acceptors (Lipinski definition) is 4. The van der Waals surface area contributed by atoms with Crippen molar-refractivity contribution in [1.29, 1.82) is 0 Å². The fraction of sp³-hybridized carbons (Fsp3) is 0.400. The Balaban J connectivity index is 1.80. The van der Waals surface area contributed by atoms with Crippen LogP contribution in [-0.2, 0) is 4.79 Å². The summed E-state index contributed by atoms with van der Waals surface area (Å²) in [7, 11) is 0. The van der Waals surface area contributed by atoms with Crippen LogP contribution >= 0.6 is 0 Å². The van der Waals surface area contributed by atoms with E-state index in [0.29, 0.717) is 5.82 Å². The summed E-state index contributed by atoms with van der Waals surface area (Å²) < 4.78 is 0. The molecule has 0 unspecified atom stereocenters. The molecule has 3 rings (SSSR count). The van der Waals surface area contributed by atoms with Crippen LogP contribution in [0.5, 0.6) is 0 Å². The van der Waals surface area contributed by atoms with E-state index in [-0.39, 0.29) is 11.8 Å². The molecule has 0 atom stereocenters. The molecule has 1 aliphatic carbocycles. The standard InChI is InChI=1S/C15H18N4O/c16-14-12-8-11(6-7-13(12)17-9-18-14)19-15(20)10-4-2-1-3-5-10/h6-10H,1-5H2,(H,19,20)(H2,16,17,18). The lowest BCUT2D eigenvalue weighted by Gasteiger charge is -2.20. The van der Waals surface area contributed by atoms with Crippen molar-refractivity contribution in [1.82, 2.24) is 9.97 Å². The third-order valence-corrected chi connectivity index (χ3v) is 3.91. The summed E-state index contributed by atoms with van der Waals surface area (Å²) >= 11 is 0. The van der Waals surface area contributed by atoms with E-state index in [2.05, 4.69) is 15.3 Å². The monoisotopic (exact) mass is 270 g/mol. The Labute approximate surface area is 117 Å². The van der Waals surface area contributed by atoms with Gasteiger partial charge in [0.1, 0.15) is 12.1 Å². The number of amides is 1. The number of carbonyl (C=O) groups is 1. The number of carbonyl (C=O) groups excluding carboxylic acids is 1. The van der Waals surface area contributed by atoms with Crippen molar-refractivity contribution < 1.29 is 4.79 Å². The van der Waals surface area contributed by atoms with E-state index in [4.69, 9.17) is 5.73 Å². The number of anilines is 2. The third-order valence-electron chi connectivity index (χ3n) is 3.91. The quantitative estimate of drug-likeness (QED) is 0.879. The number of nitrogens with zero attached hydrogens (tertiary/aromatic N) is 2. The molecule has 1 aromatic heterocycles. The van der Waals surface area contributed by atoms with Gasteiger partial charge >= 0.3 is 0 Å². The molecule has 0 bridgehead atoms. The second kappa shape index (κ2) is 5.45. The molecule has 1 aromatic carbocycles. The van der Waals surface area contributed by atoms with E-state index >= 15 is 0 Å². The van der Waals surface area contributed by atoms with E-state index < -0.39 is 0 Å². The molecule has 1 amide bonds. The Morgan fingerprint density at radius 1 is 1.20 bits per heavy atom. The lowest BCUT2D eigenvalue weighted by Crippen LogP contribution is -2.24. The van der Waals surface area contributed by atoms with Crippen LogP contribution in [0.3, 0.4) is 0 Å². The molecule has 2 aromatic rings. The van der Waals surface area contributed by atoms with E-state index in [9.17, 15) is 4.79 Å². The minimum Gasteiger partial charge on any atom is -0.383 e. The van der Waals surface area contributed by atoms with Gasteiger partial charge in [0, 0.05) is 17.0 Å². The topological polar surface area (TPSA) is 80.9 Å². The number of rotatable bonds is 2. The average molecular weight is 270 g/mol. The maximum absolute atomic E-state index is 12.2. The molecule has 1 saturated carbocycles. The number of nitrogens with one attached hydrogen (secondary N) is 1. The molecule has 0 spiro atoms. The summed E-state index contributed by atoms with van der Waals surface area (Å²) in [5.41, 5.74) is 7.38. The van der Waals surface area contributed by atoms with Crippen molar-refractivity contribution in [2.75, 3.05) is 11.1 Å². The van der Waals surface area contributed by atoms with Crippen molar-refractivity contribution in [3.8, 4) is 0 Å². The Bertz CT molecular complexity index is 635. The minimum absolute atomic E-state index is 0.111. The Kier molecular flexibility index (Phi) is 3.50. The van der Waals surface area contributed by atoms with Gasteiger partial charge in [-0.1, -0.05) is 19.3 Å². The Morgan fingerprint density at radius 3 is 2.80 bits per heavy atom. The first kappa shape index (κ1) is 12.8. The number of nitrogens with two attached hydrogens (primary N) is 1. The van der Waals surface area contributed by atoms with E-state index in [1.807, 2.05) is 18.2 Å². The van der Waals surface area contributed by atoms with Crippen LogP contribution in [0, 0.1) is 5.92 Å². The highest BCUT2D eigenvalue weighted by Crippen LogP contribution is 2.26. The van der Waals surface area contributed by atoms with Crippen LogP contribution in [-0.4, -0.2) is 15.9 Å². The maximum atomic E-state index is 12.2. The van der Waals surface area contributed by atoms with Crippen LogP contribution in [0.1, 0.15) is 32.1 Å². The summed E-state index contributed by atoms with van der Waals surface area (Å²) in [6.45, 7) is 0. The van der Waals surface area contributed by atoms with E-state index in [1.54, 1.807) is 0 Å². The highest BCUT2D eigenvalue weighted by molar-refractivity contribution is 5.97. The largest absolute Gasteiger partial charge is 0.383 e. The van der Waals surface area contributed by atoms with Gasteiger partial charge in [0.05, 0.1) is 5.52 Å². The van der Waals surface area contributed by atoms with Gasteiger partial charge < -0.3 is 11.1 Å². The lowest BCUT2D eigenvalue weighted by molar-refractivity contribution is -0.120. The Morgan fingerprint density at radius 2 is 2.00 bits per heavy atom. The fourth-order valence-electron chi connectivity index (χ4n) is 2.76. The first-order valence-corrected chi connectivity index (χ1v) is 7.05. The predicted octanol–water partition coefficient (Wildman–Crippen LogP) is 2.73. The molecule has 0 aliphatic heterocycles. The summed E-state index contributed by atoms with van der Waals surface area (Å²) in [4.78, 5) is 20.3. The highest BCUT2D eigenvalue weighted by atomic mass is 16.1. The van der Waals surface area contributed by atoms with Gasteiger partial charge in [-0.25, -0.2) is 9.97 Å². The van der Waals surface area contributed by atoms with Gasteiger partial charge in [-0.3, -0.25) is 4.79 Å². The van der Waals surface area contributed by atoms with Crippen molar-refractivity contribution in [2.24, 2.45) is 5.92 Å². The molecule has 104 valence electrons. The van der Waals surface area contributed by atoms with Crippen LogP contribution in [0.15, 0.2) is 24.5 Å². The molecule has 1 fully saturated rings. The summed E-state index contributed by atoms with van der Waals surface area (Å²) in [5.74, 6) is 0.687. The normalized spacial score (nSPS) is 16.2. The zero-order valence-electron chi connectivity index (χ0n) is 11.3. The molecular weight excluding hydrogens is 252 g/mol. The molecule has 1 heterocycles. The van der Waals surface area contributed by atoms with Gasteiger partial charge in [-0.15, -0.1) is 0 Å². The van der Waals surface area contributed by atoms with Crippen molar-refractivity contribution >= 4 is 28.3 Å². The van der Waals surface area contributed by atoms with E-state index in [0.717, 1.165) is 42.3 Å².